The molecule has 7 nitrogen and oxygen atoms in total. The zero-order valence-corrected chi connectivity index (χ0v) is 18.4. The molecule has 4 aromatic rings. The average Bonchev–Trinajstić information content (AvgIpc) is 3.54. The summed E-state index contributed by atoms with van der Waals surface area (Å²) in [5.74, 6) is 2.45. The van der Waals surface area contributed by atoms with E-state index in [1.54, 1.807) is 23.0 Å². The predicted molar refractivity (Wildman–Crippen MR) is 122 cm³/mol. The van der Waals surface area contributed by atoms with Gasteiger partial charge in [0, 0.05) is 25.5 Å². The lowest BCUT2D eigenvalue weighted by Gasteiger charge is -2.25. The van der Waals surface area contributed by atoms with Crippen molar-refractivity contribution in [1.29, 1.82) is 0 Å². The number of ether oxygens (including phenoxy) is 1. The summed E-state index contributed by atoms with van der Waals surface area (Å²) in [5.41, 5.74) is 2.96. The van der Waals surface area contributed by atoms with Crippen LogP contribution in [0.1, 0.15) is 30.7 Å². The molecule has 7 heteroatoms. The highest BCUT2D eigenvalue weighted by Crippen LogP contribution is 2.26. The molecule has 1 amide bonds. The molecule has 0 aliphatic carbocycles. The van der Waals surface area contributed by atoms with Crippen LogP contribution in [0, 0.1) is 0 Å². The highest BCUT2D eigenvalue weighted by Gasteiger charge is 2.18. The number of rotatable bonds is 8. The summed E-state index contributed by atoms with van der Waals surface area (Å²) >= 11 is 0. The molecule has 0 saturated carbocycles. The van der Waals surface area contributed by atoms with E-state index in [9.17, 15) is 4.79 Å². The first-order chi connectivity index (χ1) is 15.5. The maximum Gasteiger partial charge on any atom is 0.223 e. The molecule has 1 atom stereocenters. The third kappa shape index (κ3) is 4.72. The van der Waals surface area contributed by atoms with Crippen LogP contribution < -0.4 is 4.74 Å². The van der Waals surface area contributed by atoms with Crippen molar-refractivity contribution in [1.82, 2.24) is 19.7 Å². The normalized spacial score (nSPS) is 11.8. The number of methoxy groups -OCH3 is 1. The Balaban J connectivity index is 1.34. The molecule has 4 rings (SSSR count). The standard InChI is InChI=1S/C25H26N4O3/c1-18(19-4-8-21(9-5-19)29-17-26-16-27-29)28(2)25(30)15-13-23-12-14-24(32-23)20-6-10-22(31-3)11-7-20/h4-12,14,16-18H,13,15H2,1-3H3/t18-/m0/s1. The largest absolute Gasteiger partial charge is 0.497 e. The summed E-state index contributed by atoms with van der Waals surface area (Å²) < 4.78 is 12.8. The number of amides is 1. The Hall–Kier alpha value is -3.87. The van der Waals surface area contributed by atoms with Crippen molar-refractivity contribution >= 4 is 5.91 Å². The molecule has 2 heterocycles. The third-order valence-corrected chi connectivity index (χ3v) is 5.65. The first-order valence-electron chi connectivity index (χ1n) is 10.5. The highest BCUT2D eigenvalue weighted by molar-refractivity contribution is 5.76. The molecule has 0 aliphatic heterocycles. The van der Waals surface area contributed by atoms with Gasteiger partial charge < -0.3 is 14.1 Å². The van der Waals surface area contributed by atoms with Gasteiger partial charge in [0.05, 0.1) is 18.8 Å². The lowest BCUT2D eigenvalue weighted by atomic mass is 10.1. The van der Waals surface area contributed by atoms with Gasteiger partial charge >= 0.3 is 0 Å². The van der Waals surface area contributed by atoms with Crippen molar-refractivity contribution in [3.05, 3.63) is 84.6 Å². The van der Waals surface area contributed by atoms with E-state index >= 15 is 0 Å². The molecular formula is C25H26N4O3. The van der Waals surface area contributed by atoms with Crippen molar-refractivity contribution < 1.29 is 13.9 Å². The van der Waals surface area contributed by atoms with Gasteiger partial charge in [0.15, 0.2) is 0 Å². The Labute approximate surface area is 187 Å². The van der Waals surface area contributed by atoms with E-state index in [0.717, 1.165) is 34.1 Å². The summed E-state index contributed by atoms with van der Waals surface area (Å²) in [4.78, 5) is 18.5. The van der Waals surface area contributed by atoms with Crippen molar-refractivity contribution in [2.75, 3.05) is 14.2 Å². The molecule has 0 bridgehead atoms. The van der Waals surface area contributed by atoms with Crippen LogP contribution in [0.25, 0.3) is 17.0 Å². The SMILES string of the molecule is COc1ccc(-c2ccc(CCC(=O)N(C)[C@@H](C)c3ccc(-n4cncn4)cc3)o2)cc1. The van der Waals surface area contributed by atoms with Crippen LogP contribution in [0.15, 0.2) is 77.7 Å². The number of benzene rings is 2. The Kier molecular flexibility index (Phi) is 6.35. The van der Waals surface area contributed by atoms with Crippen molar-refractivity contribution in [3.8, 4) is 22.8 Å². The van der Waals surface area contributed by atoms with Crippen molar-refractivity contribution in [3.63, 3.8) is 0 Å². The lowest BCUT2D eigenvalue weighted by molar-refractivity contribution is -0.131. The Morgan fingerprint density at radius 1 is 1.09 bits per heavy atom. The van der Waals surface area contributed by atoms with Gasteiger partial charge in [-0.15, -0.1) is 0 Å². The third-order valence-electron chi connectivity index (χ3n) is 5.65. The molecule has 0 radical (unpaired) electrons. The van der Waals surface area contributed by atoms with Crippen LogP contribution in [0.5, 0.6) is 5.75 Å². The molecule has 164 valence electrons. The van der Waals surface area contributed by atoms with E-state index in [1.807, 2.05) is 74.6 Å². The van der Waals surface area contributed by atoms with E-state index in [-0.39, 0.29) is 11.9 Å². The fourth-order valence-electron chi connectivity index (χ4n) is 3.52. The average molecular weight is 431 g/mol. The maximum atomic E-state index is 12.8. The number of aryl methyl sites for hydroxylation is 1. The number of hydrogen-bond donors (Lipinski definition) is 0. The van der Waals surface area contributed by atoms with Crippen LogP contribution >= 0.6 is 0 Å². The summed E-state index contributed by atoms with van der Waals surface area (Å²) in [6.45, 7) is 2.02. The number of carbonyl (C=O) groups is 1. The van der Waals surface area contributed by atoms with Gasteiger partial charge in [-0.1, -0.05) is 12.1 Å². The van der Waals surface area contributed by atoms with Crippen molar-refractivity contribution in [2.24, 2.45) is 0 Å². The van der Waals surface area contributed by atoms with Crippen LogP contribution in [0.4, 0.5) is 0 Å². The fourth-order valence-corrected chi connectivity index (χ4v) is 3.52. The molecular weight excluding hydrogens is 404 g/mol. The first kappa shape index (κ1) is 21.4. The molecule has 0 fully saturated rings. The highest BCUT2D eigenvalue weighted by atomic mass is 16.5. The van der Waals surface area contributed by atoms with E-state index in [0.29, 0.717) is 12.8 Å². The van der Waals surface area contributed by atoms with Gasteiger partial charge in [-0.25, -0.2) is 9.67 Å². The Morgan fingerprint density at radius 3 is 2.50 bits per heavy atom. The molecule has 2 aromatic carbocycles. The minimum absolute atomic E-state index is 0.0428. The smallest absolute Gasteiger partial charge is 0.223 e. The van der Waals surface area contributed by atoms with Gasteiger partial charge in [0.2, 0.25) is 5.91 Å². The minimum Gasteiger partial charge on any atom is -0.497 e. The van der Waals surface area contributed by atoms with Crippen LogP contribution in [0.2, 0.25) is 0 Å². The first-order valence-corrected chi connectivity index (χ1v) is 10.5. The zero-order chi connectivity index (χ0) is 22.5. The summed E-state index contributed by atoms with van der Waals surface area (Å²) in [6.07, 6.45) is 4.09. The van der Waals surface area contributed by atoms with E-state index in [1.165, 1.54) is 6.33 Å². The van der Waals surface area contributed by atoms with Gasteiger partial charge in [-0.05, 0) is 61.0 Å². The quantitative estimate of drug-likeness (QED) is 0.406. The summed E-state index contributed by atoms with van der Waals surface area (Å²) in [5, 5.41) is 4.13. The van der Waals surface area contributed by atoms with E-state index in [4.69, 9.17) is 9.15 Å². The second-order valence-electron chi connectivity index (χ2n) is 7.61. The summed E-state index contributed by atoms with van der Waals surface area (Å²) in [7, 11) is 3.48. The number of hydrogen-bond acceptors (Lipinski definition) is 5. The maximum absolute atomic E-state index is 12.8. The molecule has 32 heavy (non-hydrogen) atoms. The van der Waals surface area contributed by atoms with Crippen molar-refractivity contribution in [2.45, 2.75) is 25.8 Å². The van der Waals surface area contributed by atoms with Gasteiger partial charge in [0.1, 0.15) is 29.9 Å². The van der Waals surface area contributed by atoms with Gasteiger partial charge in [-0.2, -0.15) is 5.10 Å². The molecule has 2 aromatic heterocycles. The summed E-state index contributed by atoms with van der Waals surface area (Å²) in [6, 6.07) is 19.5. The topological polar surface area (TPSA) is 73.4 Å². The molecule has 0 spiro atoms. The fraction of sp³-hybridized carbons (Fsp3) is 0.240. The monoisotopic (exact) mass is 430 g/mol. The molecule has 0 unspecified atom stereocenters. The predicted octanol–water partition coefficient (Wildman–Crippen LogP) is 4.69. The number of carbonyl (C=O) groups excluding carboxylic acids is 1. The van der Waals surface area contributed by atoms with Crippen LogP contribution in [-0.2, 0) is 11.2 Å². The van der Waals surface area contributed by atoms with E-state index < -0.39 is 0 Å². The Morgan fingerprint density at radius 2 is 1.84 bits per heavy atom. The van der Waals surface area contributed by atoms with Crippen LogP contribution in [0.3, 0.4) is 0 Å². The number of aromatic nitrogens is 3. The second kappa shape index (κ2) is 9.51. The minimum atomic E-state index is -0.0428. The Bertz CT molecular complexity index is 1150. The number of nitrogens with zero attached hydrogens (tertiary/aromatic N) is 4. The molecule has 0 saturated heterocycles. The second-order valence-corrected chi connectivity index (χ2v) is 7.61. The van der Waals surface area contributed by atoms with Gasteiger partial charge in [0.25, 0.3) is 0 Å². The van der Waals surface area contributed by atoms with Gasteiger partial charge in [-0.3, -0.25) is 4.79 Å². The lowest BCUT2D eigenvalue weighted by Crippen LogP contribution is -2.29. The zero-order valence-electron chi connectivity index (χ0n) is 18.4. The molecule has 0 N–H and O–H groups in total. The van der Waals surface area contributed by atoms with Crippen LogP contribution in [-0.4, -0.2) is 39.7 Å². The molecule has 0 aliphatic rings. The number of furan rings is 1. The van der Waals surface area contributed by atoms with E-state index in [2.05, 4.69) is 10.1 Å².